The van der Waals surface area contributed by atoms with Gasteiger partial charge in [0, 0.05) is 26.2 Å². The third-order valence-electron chi connectivity index (χ3n) is 0.333. The first-order valence-corrected chi connectivity index (χ1v) is 5.16. The van der Waals surface area contributed by atoms with Crippen molar-refractivity contribution in [2.45, 2.75) is 0 Å². The summed E-state index contributed by atoms with van der Waals surface area (Å²) >= 11 is -2.17. The van der Waals surface area contributed by atoms with E-state index in [1.807, 2.05) is 0 Å². The zero-order valence-electron chi connectivity index (χ0n) is 6.71. The van der Waals surface area contributed by atoms with E-state index in [-0.39, 0.29) is 12.4 Å². The minimum absolute atomic E-state index is 0. The Morgan fingerprint density at radius 3 is 0.833 bits per heavy atom. The van der Waals surface area contributed by atoms with E-state index in [1.165, 1.54) is 0 Å². The van der Waals surface area contributed by atoms with Gasteiger partial charge in [0.25, 0.3) is 0 Å². The van der Waals surface area contributed by atoms with Crippen LogP contribution in [0.25, 0.3) is 0 Å². The fraction of sp³-hybridized carbons (Fsp3) is 1.00. The summed E-state index contributed by atoms with van der Waals surface area (Å²) in [6, 6.07) is 0. The molecular weight excluding hydrogens is 358 g/mol. The second-order valence-corrected chi connectivity index (χ2v) is 1.67. The number of halogens is 1. The van der Waals surface area contributed by atoms with Gasteiger partial charge in [0.15, 0.2) is 0 Å². The summed E-state index contributed by atoms with van der Waals surface area (Å²) in [5, 5.41) is 0. The van der Waals surface area contributed by atoms with Crippen LogP contribution in [0.2, 0.25) is 0 Å². The molecule has 0 aromatic carbocycles. The molecule has 8 N–H and O–H groups in total. The maximum absolute atomic E-state index is 8.53. The SMILES string of the molecule is NCCN.NCCN.[Cl-].[O]=[Re]=[O]. The topological polar surface area (TPSA) is 138 Å². The van der Waals surface area contributed by atoms with Crippen molar-refractivity contribution in [1.29, 1.82) is 0 Å². The van der Waals surface area contributed by atoms with Gasteiger partial charge in [0.05, 0.1) is 0 Å². The van der Waals surface area contributed by atoms with Crippen molar-refractivity contribution in [2.75, 3.05) is 26.2 Å². The van der Waals surface area contributed by atoms with Gasteiger partial charge in [-0.25, -0.2) is 0 Å². The first kappa shape index (κ1) is 22.8. The number of hydrogen-bond acceptors (Lipinski definition) is 6. The molecule has 79 valence electrons. The second kappa shape index (κ2) is 42.3. The van der Waals surface area contributed by atoms with Gasteiger partial charge in [0.2, 0.25) is 0 Å². The molecule has 0 aliphatic carbocycles. The third kappa shape index (κ3) is 160. The molecule has 0 radical (unpaired) electrons. The van der Waals surface area contributed by atoms with E-state index in [0.29, 0.717) is 26.2 Å². The zero-order chi connectivity index (χ0) is 9.54. The zero-order valence-corrected chi connectivity index (χ0v) is 10.2. The summed E-state index contributed by atoms with van der Waals surface area (Å²) in [6.45, 7) is 2.39. The molecule has 0 heterocycles. The van der Waals surface area contributed by atoms with E-state index >= 15 is 0 Å². The Kier molecular flexibility index (Phi) is 80.5. The van der Waals surface area contributed by atoms with Crippen LogP contribution in [-0.2, 0) is 24.8 Å². The van der Waals surface area contributed by atoms with Crippen molar-refractivity contribution in [3.8, 4) is 0 Å². The normalized spacial score (nSPS) is 6.00. The van der Waals surface area contributed by atoms with Gasteiger partial charge in [0.1, 0.15) is 0 Å². The van der Waals surface area contributed by atoms with Crippen molar-refractivity contribution >= 4 is 0 Å². The average Bonchev–Trinajstić information content (AvgIpc) is 2.06. The van der Waals surface area contributed by atoms with Crippen LogP contribution in [0, 0.1) is 0 Å². The molecule has 0 spiro atoms. The number of rotatable bonds is 2. The van der Waals surface area contributed by atoms with Crippen LogP contribution >= 0.6 is 0 Å². The van der Waals surface area contributed by atoms with E-state index in [0.717, 1.165) is 0 Å². The van der Waals surface area contributed by atoms with Crippen LogP contribution in [-0.4, -0.2) is 26.2 Å². The van der Waals surface area contributed by atoms with Crippen LogP contribution < -0.4 is 35.3 Å². The van der Waals surface area contributed by atoms with Crippen LogP contribution in [0.1, 0.15) is 0 Å². The Morgan fingerprint density at radius 2 is 0.833 bits per heavy atom. The Balaban J connectivity index is -0.0000000389. The first-order valence-electron chi connectivity index (χ1n) is 2.94. The van der Waals surface area contributed by atoms with Crippen LogP contribution in [0.15, 0.2) is 0 Å². The monoisotopic (exact) mass is 374 g/mol. The first-order chi connectivity index (χ1) is 5.24. The Bertz CT molecular complexity index is 73.5. The Morgan fingerprint density at radius 1 is 0.750 bits per heavy atom. The van der Waals surface area contributed by atoms with E-state index < -0.39 is 17.9 Å². The molecular formula is C4H16ClN4O2Re-. The maximum atomic E-state index is 8.53. The van der Waals surface area contributed by atoms with Crippen LogP contribution in [0.5, 0.6) is 0 Å². The summed E-state index contributed by atoms with van der Waals surface area (Å²) in [5.74, 6) is 0. The molecule has 0 aliphatic rings. The predicted molar refractivity (Wildman–Crippen MR) is 37.6 cm³/mol. The molecule has 0 fully saturated rings. The van der Waals surface area contributed by atoms with Gasteiger partial charge >= 0.3 is 24.8 Å². The number of nitrogens with two attached hydrogens (primary N) is 4. The third-order valence-corrected chi connectivity index (χ3v) is 0.333. The summed E-state index contributed by atoms with van der Waals surface area (Å²) in [6.07, 6.45) is 0. The summed E-state index contributed by atoms with van der Waals surface area (Å²) < 4.78 is 17.1. The standard InChI is InChI=1S/2C2H8N2.ClH.2O.Re/c2*3-1-2-4;;;;/h2*1-4H2;1H;;;/p-1. The van der Waals surface area contributed by atoms with Gasteiger partial charge < -0.3 is 35.3 Å². The Labute approximate surface area is 86.6 Å². The van der Waals surface area contributed by atoms with Crippen LogP contribution in [0.4, 0.5) is 0 Å². The molecule has 0 aliphatic heterocycles. The fourth-order valence-corrected chi connectivity index (χ4v) is 0. The molecule has 0 aromatic heterocycles. The van der Waals surface area contributed by atoms with Gasteiger partial charge in [-0.05, 0) is 0 Å². The molecule has 8 heteroatoms. The minimum atomic E-state index is -2.17. The molecule has 0 saturated carbocycles. The van der Waals surface area contributed by atoms with Crippen molar-refractivity contribution < 1.29 is 37.2 Å². The van der Waals surface area contributed by atoms with Gasteiger partial charge in [-0.3, -0.25) is 0 Å². The van der Waals surface area contributed by atoms with Crippen molar-refractivity contribution in [2.24, 2.45) is 22.9 Å². The molecule has 0 rings (SSSR count). The van der Waals surface area contributed by atoms with E-state index in [2.05, 4.69) is 0 Å². The van der Waals surface area contributed by atoms with E-state index in [4.69, 9.17) is 29.9 Å². The molecule has 0 amide bonds. The fourth-order valence-electron chi connectivity index (χ4n) is 0. The molecule has 0 bridgehead atoms. The van der Waals surface area contributed by atoms with Crippen LogP contribution in [0.3, 0.4) is 0 Å². The second-order valence-electron chi connectivity index (χ2n) is 1.22. The average molecular weight is 374 g/mol. The summed E-state index contributed by atoms with van der Waals surface area (Å²) in [5.41, 5.74) is 19.6. The molecule has 0 atom stereocenters. The van der Waals surface area contributed by atoms with Crippen molar-refractivity contribution in [3.63, 3.8) is 0 Å². The molecule has 12 heavy (non-hydrogen) atoms. The molecule has 6 nitrogen and oxygen atoms in total. The van der Waals surface area contributed by atoms with Crippen molar-refractivity contribution in [3.05, 3.63) is 0 Å². The van der Waals surface area contributed by atoms with E-state index in [9.17, 15) is 0 Å². The van der Waals surface area contributed by atoms with Gasteiger partial charge in [-0.2, -0.15) is 0 Å². The molecule has 0 saturated heterocycles. The predicted octanol–water partition coefficient (Wildman–Crippen LogP) is -5.43. The van der Waals surface area contributed by atoms with Gasteiger partial charge in [-0.15, -0.1) is 0 Å². The quantitative estimate of drug-likeness (QED) is 0.381. The summed E-state index contributed by atoms with van der Waals surface area (Å²) in [7, 11) is 0. The Hall–Kier alpha value is 0.392. The number of hydrogen-bond donors (Lipinski definition) is 4. The van der Waals surface area contributed by atoms with Crippen molar-refractivity contribution in [1.82, 2.24) is 0 Å². The van der Waals surface area contributed by atoms with Gasteiger partial charge in [-0.1, -0.05) is 0 Å². The summed E-state index contributed by atoms with van der Waals surface area (Å²) in [4.78, 5) is 0. The molecule has 0 unspecified atom stereocenters. The molecule has 0 aromatic rings. The van der Waals surface area contributed by atoms with E-state index in [1.54, 1.807) is 0 Å².